The first-order chi connectivity index (χ1) is 11.9. The molecule has 2 aromatic carbocycles. The molecule has 3 nitrogen and oxygen atoms in total. The molecule has 1 heterocycles. The zero-order valence-electron chi connectivity index (χ0n) is 14.3. The summed E-state index contributed by atoms with van der Waals surface area (Å²) >= 11 is 7.36. The van der Waals surface area contributed by atoms with E-state index in [0.29, 0.717) is 32.5 Å². The smallest absolute Gasteiger partial charge is 0.268 e. The number of carbonyl (C=O) groups excluding carboxylic acids is 2. The average molecular weight is 372 g/mol. The highest BCUT2D eigenvalue weighted by molar-refractivity contribution is 8.04. The molecule has 5 heteroatoms. The molecule has 1 aliphatic rings. The molecule has 0 fully saturated rings. The number of carbonyl (C=O) groups is 2. The lowest BCUT2D eigenvalue weighted by Crippen LogP contribution is -2.32. The maximum Gasteiger partial charge on any atom is 0.272 e. The number of anilines is 1. The number of rotatable bonds is 4. The molecule has 0 spiro atoms. The van der Waals surface area contributed by atoms with Crippen molar-refractivity contribution in [2.24, 2.45) is 0 Å². The summed E-state index contributed by atoms with van der Waals surface area (Å²) in [7, 11) is 0. The Morgan fingerprint density at radius 3 is 2.28 bits per heavy atom. The molecular formula is C20H18ClNO2S. The van der Waals surface area contributed by atoms with Crippen LogP contribution in [0.3, 0.4) is 0 Å². The van der Waals surface area contributed by atoms with Crippen LogP contribution in [0.25, 0.3) is 5.57 Å². The van der Waals surface area contributed by atoms with Gasteiger partial charge in [0.15, 0.2) is 0 Å². The van der Waals surface area contributed by atoms with Gasteiger partial charge in [0.25, 0.3) is 11.8 Å². The number of thioether (sulfide) groups is 1. The highest BCUT2D eigenvalue weighted by atomic mass is 35.5. The molecular weight excluding hydrogens is 354 g/mol. The van der Waals surface area contributed by atoms with Gasteiger partial charge in [0.2, 0.25) is 0 Å². The van der Waals surface area contributed by atoms with Crippen molar-refractivity contribution in [1.82, 2.24) is 0 Å². The lowest BCUT2D eigenvalue weighted by atomic mass is 10.1. The van der Waals surface area contributed by atoms with Gasteiger partial charge in [-0.2, -0.15) is 0 Å². The van der Waals surface area contributed by atoms with Gasteiger partial charge in [-0.05, 0) is 48.9 Å². The predicted molar refractivity (Wildman–Crippen MR) is 105 cm³/mol. The zero-order chi connectivity index (χ0) is 18.1. The molecule has 128 valence electrons. The Hall–Kier alpha value is -2.04. The molecule has 0 radical (unpaired) electrons. The van der Waals surface area contributed by atoms with Crippen molar-refractivity contribution in [2.75, 3.05) is 10.7 Å². The van der Waals surface area contributed by atoms with Crippen LogP contribution in [0.2, 0.25) is 5.02 Å². The Bertz CT molecular complexity index is 887. The van der Waals surface area contributed by atoms with Gasteiger partial charge >= 0.3 is 0 Å². The van der Waals surface area contributed by atoms with E-state index < -0.39 is 0 Å². The van der Waals surface area contributed by atoms with E-state index in [1.807, 2.05) is 39.0 Å². The number of imide groups is 1. The summed E-state index contributed by atoms with van der Waals surface area (Å²) in [6, 6.07) is 12.7. The average Bonchev–Trinajstić information content (AvgIpc) is 2.80. The lowest BCUT2D eigenvalue weighted by Gasteiger charge is -2.18. The maximum absolute atomic E-state index is 13.1. The number of nitrogens with zero attached hydrogens (tertiary/aromatic N) is 1. The molecule has 0 bridgehead atoms. The largest absolute Gasteiger partial charge is 0.272 e. The van der Waals surface area contributed by atoms with Crippen LogP contribution < -0.4 is 4.90 Å². The monoisotopic (exact) mass is 371 g/mol. The standard InChI is InChI=1S/C20H18ClNO2S/c1-4-25-18-17(14-6-8-15(21)9-7-14)19(23)22(20(18)24)16-10-5-12(2)11-13(16)3/h5-11H,4H2,1-3H3. The lowest BCUT2D eigenvalue weighted by molar-refractivity contribution is -0.119. The third kappa shape index (κ3) is 3.24. The molecule has 0 atom stereocenters. The van der Waals surface area contributed by atoms with Crippen LogP contribution in [0.5, 0.6) is 0 Å². The number of amides is 2. The van der Waals surface area contributed by atoms with Crippen LogP contribution in [0.15, 0.2) is 47.4 Å². The number of halogens is 1. The van der Waals surface area contributed by atoms with E-state index in [-0.39, 0.29) is 11.8 Å². The van der Waals surface area contributed by atoms with Crippen molar-refractivity contribution in [2.45, 2.75) is 20.8 Å². The van der Waals surface area contributed by atoms with Crippen molar-refractivity contribution < 1.29 is 9.59 Å². The van der Waals surface area contributed by atoms with Crippen molar-refractivity contribution in [3.05, 3.63) is 69.1 Å². The van der Waals surface area contributed by atoms with Gasteiger partial charge in [0.05, 0.1) is 16.2 Å². The number of aryl methyl sites for hydroxylation is 2. The summed E-state index contributed by atoms with van der Waals surface area (Å²) in [6.45, 7) is 5.87. The highest BCUT2D eigenvalue weighted by Crippen LogP contribution is 2.39. The molecule has 0 aliphatic carbocycles. The van der Waals surface area contributed by atoms with Crippen LogP contribution in [0.4, 0.5) is 5.69 Å². The Kier molecular flexibility index (Phi) is 5.02. The minimum atomic E-state index is -0.282. The van der Waals surface area contributed by atoms with Gasteiger partial charge in [0, 0.05) is 5.02 Å². The van der Waals surface area contributed by atoms with Crippen molar-refractivity contribution in [1.29, 1.82) is 0 Å². The number of hydrogen-bond acceptors (Lipinski definition) is 3. The van der Waals surface area contributed by atoms with Crippen LogP contribution in [-0.4, -0.2) is 17.6 Å². The molecule has 25 heavy (non-hydrogen) atoms. The summed E-state index contributed by atoms with van der Waals surface area (Å²) < 4.78 is 0. The summed E-state index contributed by atoms with van der Waals surface area (Å²) in [5.41, 5.74) is 3.80. The van der Waals surface area contributed by atoms with E-state index in [1.54, 1.807) is 24.3 Å². The predicted octanol–water partition coefficient (Wildman–Crippen LogP) is 4.99. The molecule has 3 rings (SSSR count). The summed E-state index contributed by atoms with van der Waals surface area (Å²) in [6.07, 6.45) is 0. The second-order valence-corrected chi connectivity index (χ2v) is 7.59. The Balaban J connectivity index is 2.11. The molecule has 1 aliphatic heterocycles. The third-order valence-electron chi connectivity index (χ3n) is 4.06. The fourth-order valence-corrected chi connectivity index (χ4v) is 3.91. The second kappa shape index (κ2) is 7.06. The minimum Gasteiger partial charge on any atom is -0.268 e. The van der Waals surface area contributed by atoms with Gasteiger partial charge < -0.3 is 0 Å². The van der Waals surface area contributed by atoms with E-state index in [9.17, 15) is 9.59 Å². The van der Waals surface area contributed by atoms with Crippen LogP contribution >= 0.6 is 23.4 Å². The molecule has 2 aromatic rings. The first kappa shape index (κ1) is 17.8. The summed E-state index contributed by atoms with van der Waals surface area (Å²) in [4.78, 5) is 27.9. The van der Waals surface area contributed by atoms with Crippen molar-refractivity contribution >= 4 is 46.4 Å². The third-order valence-corrected chi connectivity index (χ3v) is 5.26. The quantitative estimate of drug-likeness (QED) is 0.710. The van der Waals surface area contributed by atoms with E-state index in [2.05, 4.69) is 0 Å². The van der Waals surface area contributed by atoms with Crippen LogP contribution in [0.1, 0.15) is 23.6 Å². The maximum atomic E-state index is 13.1. The van der Waals surface area contributed by atoms with E-state index in [4.69, 9.17) is 11.6 Å². The molecule has 0 N–H and O–H groups in total. The normalized spacial score (nSPS) is 14.6. The summed E-state index contributed by atoms with van der Waals surface area (Å²) in [5.74, 6) is 0.176. The first-order valence-electron chi connectivity index (χ1n) is 8.03. The fourth-order valence-electron chi connectivity index (χ4n) is 2.93. The van der Waals surface area contributed by atoms with Gasteiger partial charge in [0.1, 0.15) is 0 Å². The Morgan fingerprint density at radius 1 is 1.00 bits per heavy atom. The van der Waals surface area contributed by atoms with Crippen molar-refractivity contribution in [3.8, 4) is 0 Å². The van der Waals surface area contributed by atoms with E-state index in [0.717, 1.165) is 11.1 Å². The van der Waals surface area contributed by atoms with Gasteiger partial charge in [-0.25, -0.2) is 4.90 Å². The Labute approximate surface area is 156 Å². The van der Waals surface area contributed by atoms with Gasteiger partial charge in [-0.15, -0.1) is 11.8 Å². The second-order valence-electron chi connectivity index (χ2n) is 5.88. The SMILES string of the molecule is CCSC1=C(c2ccc(Cl)cc2)C(=O)N(c2ccc(C)cc2C)C1=O. The topological polar surface area (TPSA) is 37.4 Å². The van der Waals surface area contributed by atoms with E-state index in [1.165, 1.54) is 16.7 Å². The van der Waals surface area contributed by atoms with Crippen LogP contribution in [-0.2, 0) is 9.59 Å². The van der Waals surface area contributed by atoms with Gasteiger partial charge in [-0.1, -0.05) is 48.4 Å². The number of hydrogen-bond donors (Lipinski definition) is 0. The zero-order valence-corrected chi connectivity index (χ0v) is 15.9. The molecule has 0 saturated carbocycles. The first-order valence-corrected chi connectivity index (χ1v) is 9.39. The molecule has 2 amide bonds. The fraction of sp³-hybridized carbons (Fsp3) is 0.200. The summed E-state index contributed by atoms with van der Waals surface area (Å²) in [5, 5.41) is 0.594. The van der Waals surface area contributed by atoms with Gasteiger partial charge in [-0.3, -0.25) is 9.59 Å². The Morgan fingerprint density at radius 2 is 1.68 bits per heavy atom. The van der Waals surface area contributed by atoms with E-state index >= 15 is 0 Å². The molecule has 0 aromatic heterocycles. The molecule has 0 unspecified atom stereocenters. The van der Waals surface area contributed by atoms with Crippen molar-refractivity contribution in [3.63, 3.8) is 0 Å². The molecule has 0 saturated heterocycles. The number of benzene rings is 2. The minimum absolute atomic E-state index is 0.256. The highest BCUT2D eigenvalue weighted by Gasteiger charge is 2.40. The van der Waals surface area contributed by atoms with Crippen LogP contribution in [0, 0.1) is 13.8 Å².